The van der Waals surface area contributed by atoms with Crippen molar-refractivity contribution in [1.29, 1.82) is 0 Å². The van der Waals surface area contributed by atoms with Gasteiger partial charge in [-0.15, -0.1) is 0 Å². The number of primary amides is 1. The van der Waals surface area contributed by atoms with Crippen LogP contribution in [0.25, 0.3) is 0 Å². The van der Waals surface area contributed by atoms with Gasteiger partial charge in [0.2, 0.25) is 0 Å². The monoisotopic (exact) mass is 341 g/mol. The van der Waals surface area contributed by atoms with Gasteiger partial charge in [-0.3, -0.25) is 9.11 Å². The Hall–Kier alpha value is -1.73. The summed E-state index contributed by atoms with van der Waals surface area (Å²) in [6.07, 6.45) is 0. The van der Waals surface area contributed by atoms with E-state index in [0.29, 0.717) is 0 Å². The molecule has 0 saturated heterocycles. The molecule has 1 aromatic carbocycles. The molecule has 0 bridgehead atoms. The normalized spacial score (nSPS) is 11.5. The molecule has 0 aliphatic heterocycles. The standard InChI is InChI=1S/C8H10.CH5N3O7S2/c1-7-3-5-8(2)6-4-7;2-1(5)3-4(12(6,7)8)13(9,10)11/h3-6H,1-2H3;(H3,2,3,5)(H,6,7,8)(H,9,10,11). The van der Waals surface area contributed by atoms with Crippen LogP contribution in [0.15, 0.2) is 24.3 Å². The van der Waals surface area contributed by atoms with Crippen LogP contribution >= 0.6 is 0 Å². The summed E-state index contributed by atoms with van der Waals surface area (Å²) in [6.45, 7) is 4.19. The van der Waals surface area contributed by atoms with Crippen molar-refractivity contribution in [1.82, 2.24) is 9.25 Å². The highest BCUT2D eigenvalue weighted by molar-refractivity contribution is 7.98. The summed E-state index contributed by atoms with van der Waals surface area (Å²) in [5.74, 6) is 0. The first kappa shape index (κ1) is 19.3. The molecule has 1 rings (SSSR count). The van der Waals surface area contributed by atoms with Crippen LogP contribution in [-0.4, -0.2) is 35.8 Å². The minimum absolute atomic E-state index is 0.956. The smallest absolute Gasteiger partial charge is 0.350 e. The van der Waals surface area contributed by atoms with Crippen molar-refractivity contribution >= 4 is 26.6 Å². The van der Waals surface area contributed by atoms with Gasteiger partial charge in [-0.1, -0.05) is 35.4 Å². The Bertz CT molecular complexity index is 630. The number of hydrazine groups is 1. The molecule has 12 heteroatoms. The van der Waals surface area contributed by atoms with E-state index >= 15 is 0 Å². The third-order valence-corrected chi connectivity index (χ3v) is 3.99. The number of amides is 2. The summed E-state index contributed by atoms with van der Waals surface area (Å²) in [5, 5.41) is 0. The van der Waals surface area contributed by atoms with Crippen molar-refractivity contribution in [2.75, 3.05) is 0 Å². The van der Waals surface area contributed by atoms with Crippen molar-refractivity contribution < 1.29 is 30.7 Å². The van der Waals surface area contributed by atoms with Gasteiger partial charge in [0.05, 0.1) is 0 Å². The van der Waals surface area contributed by atoms with E-state index in [1.54, 1.807) is 0 Å². The second kappa shape index (κ2) is 7.33. The molecule has 1 aromatic rings. The highest BCUT2D eigenvalue weighted by Crippen LogP contribution is 1.99. The lowest BCUT2D eigenvalue weighted by Gasteiger charge is -2.12. The molecular formula is C9H15N3O7S2. The molecule has 21 heavy (non-hydrogen) atoms. The summed E-state index contributed by atoms with van der Waals surface area (Å²) in [5.41, 5.74) is 7.96. The van der Waals surface area contributed by atoms with E-state index < -0.39 is 30.5 Å². The lowest BCUT2D eigenvalue weighted by Crippen LogP contribution is -2.50. The predicted octanol–water partition coefficient (Wildman–Crippen LogP) is -0.219. The zero-order valence-corrected chi connectivity index (χ0v) is 12.7. The van der Waals surface area contributed by atoms with E-state index in [-0.39, 0.29) is 0 Å². The fraction of sp³-hybridized carbons (Fsp3) is 0.222. The van der Waals surface area contributed by atoms with Crippen LogP contribution in [0, 0.1) is 13.8 Å². The van der Waals surface area contributed by atoms with Crippen molar-refractivity contribution in [2.24, 2.45) is 5.73 Å². The fourth-order valence-electron chi connectivity index (χ4n) is 0.961. The first-order valence-corrected chi connectivity index (χ1v) is 7.98. The summed E-state index contributed by atoms with van der Waals surface area (Å²) in [7, 11) is -10.7. The zero-order chi connectivity index (χ0) is 16.8. The molecule has 0 aliphatic carbocycles. The van der Waals surface area contributed by atoms with Gasteiger partial charge in [-0.2, -0.15) is 16.8 Å². The Morgan fingerprint density at radius 1 is 1.00 bits per heavy atom. The van der Waals surface area contributed by atoms with E-state index in [1.165, 1.54) is 11.1 Å². The highest BCUT2D eigenvalue weighted by Gasteiger charge is 2.32. The number of carbonyl (C=O) groups is 1. The minimum Gasteiger partial charge on any atom is -0.350 e. The number of rotatable bonds is 3. The molecule has 0 aromatic heterocycles. The number of aryl methyl sites for hydroxylation is 2. The fourth-order valence-corrected chi connectivity index (χ4v) is 2.32. The number of nitrogens with zero attached hydrogens (tertiary/aromatic N) is 1. The Morgan fingerprint density at radius 3 is 1.43 bits per heavy atom. The lowest BCUT2D eigenvalue weighted by molar-refractivity contribution is 0.235. The largest absolute Gasteiger partial charge is 0.369 e. The van der Waals surface area contributed by atoms with E-state index in [2.05, 4.69) is 43.8 Å². The van der Waals surface area contributed by atoms with Gasteiger partial charge >= 0.3 is 26.6 Å². The maximum absolute atomic E-state index is 10.2. The van der Waals surface area contributed by atoms with Crippen LogP contribution in [0.1, 0.15) is 11.1 Å². The first-order chi connectivity index (χ1) is 9.34. The molecular weight excluding hydrogens is 326 g/mol. The van der Waals surface area contributed by atoms with Gasteiger partial charge in [0.1, 0.15) is 0 Å². The molecule has 0 fully saturated rings. The summed E-state index contributed by atoms with van der Waals surface area (Å²) in [4.78, 5) is 10.0. The van der Waals surface area contributed by atoms with Crippen LogP contribution < -0.4 is 11.2 Å². The Morgan fingerprint density at radius 2 is 1.29 bits per heavy atom. The third kappa shape index (κ3) is 8.21. The number of nitrogens with one attached hydrogen (secondary N) is 1. The van der Waals surface area contributed by atoms with Gasteiger partial charge in [0.25, 0.3) is 0 Å². The number of carbonyl (C=O) groups excluding carboxylic acids is 1. The van der Waals surface area contributed by atoms with Gasteiger partial charge in [-0.05, 0) is 13.8 Å². The van der Waals surface area contributed by atoms with E-state index in [9.17, 15) is 21.6 Å². The third-order valence-electron chi connectivity index (χ3n) is 1.84. The van der Waals surface area contributed by atoms with Crippen LogP contribution in [0.5, 0.6) is 0 Å². The van der Waals surface area contributed by atoms with Crippen molar-refractivity contribution in [3.05, 3.63) is 35.4 Å². The van der Waals surface area contributed by atoms with Crippen LogP contribution in [0.4, 0.5) is 4.79 Å². The minimum atomic E-state index is -5.33. The first-order valence-electron chi connectivity index (χ1n) is 5.18. The molecule has 120 valence electrons. The maximum Gasteiger partial charge on any atom is 0.369 e. The number of nitrogens with two attached hydrogens (primary N) is 1. The Balaban J connectivity index is 0.000000423. The molecule has 10 nitrogen and oxygen atoms in total. The molecule has 0 saturated carbocycles. The van der Waals surface area contributed by atoms with E-state index in [0.717, 1.165) is 5.43 Å². The zero-order valence-electron chi connectivity index (χ0n) is 11.1. The quantitative estimate of drug-likeness (QED) is 0.435. The molecule has 0 heterocycles. The Kier molecular flexibility index (Phi) is 6.72. The maximum atomic E-state index is 10.2. The molecule has 0 aliphatic rings. The van der Waals surface area contributed by atoms with Crippen LogP contribution in [0.2, 0.25) is 0 Å². The Labute approximate surface area is 122 Å². The average Bonchev–Trinajstić information content (AvgIpc) is 2.28. The van der Waals surface area contributed by atoms with Crippen molar-refractivity contribution in [2.45, 2.75) is 13.8 Å². The SMILES string of the molecule is Cc1ccc(C)cc1.NC(=O)NN(S(=O)(=O)O)S(=O)(=O)O. The second-order valence-corrected chi connectivity index (χ2v) is 6.54. The van der Waals surface area contributed by atoms with E-state index in [1.807, 2.05) is 0 Å². The van der Waals surface area contributed by atoms with E-state index in [4.69, 9.17) is 9.11 Å². The van der Waals surface area contributed by atoms with Gasteiger partial charge in [-0.25, -0.2) is 10.2 Å². The topological polar surface area (TPSA) is 167 Å². The molecule has 0 atom stereocenters. The molecule has 5 N–H and O–H groups in total. The van der Waals surface area contributed by atoms with Gasteiger partial charge in [0, 0.05) is 3.82 Å². The molecule has 0 unspecified atom stereocenters. The number of hydrogen-bond acceptors (Lipinski definition) is 5. The second-order valence-electron chi connectivity index (χ2n) is 3.78. The van der Waals surface area contributed by atoms with Gasteiger partial charge < -0.3 is 5.73 Å². The number of hydrogen-bond donors (Lipinski definition) is 4. The van der Waals surface area contributed by atoms with Gasteiger partial charge in [0.15, 0.2) is 0 Å². The van der Waals surface area contributed by atoms with Crippen molar-refractivity contribution in [3.8, 4) is 0 Å². The lowest BCUT2D eigenvalue weighted by atomic mass is 10.2. The molecule has 0 radical (unpaired) electrons. The highest BCUT2D eigenvalue weighted by atomic mass is 32.3. The molecule has 0 spiro atoms. The van der Waals surface area contributed by atoms with Crippen LogP contribution in [0.3, 0.4) is 0 Å². The van der Waals surface area contributed by atoms with Crippen molar-refractivity contribution in [3.63, 3.8) is 0 Å². The predicted molar refractivity (Wildman–Crippen MR) is 73.6 cm³/mol. The average molecular weight is 341 g/mol. The van der Waals surface area contributed by atoms with Crippen LogP contribution in [-0.2, 0) is 20.6 Å². The number of urea groups is 1. The molecule has 2 amide bonds. The number of benzene rings is 1. The summed E-state index contributed by atoms with van der Waals surface area (Å²) >= 11 is 0. The summed E-state index contributed by atoms with van der Waals surface area (Å²) < 4.78 is 55.9. The summed E-state index contributed by atoms with van der Waals surface area (Å²) in [6, 6.07) is 6.88.